The van der Waals surface area contributed by atoms with Crippen molar-refractivity contribution in [1.82, 2.24) is 5.48 Å². The Labute approximate surface area is 175 Å². The van der Waals surface area contributed by atoms with Crippen LogP contribution >= 0.6 is 0 Å². The summed E-state index contributed by atoms with van der Waals surface area (Å²) in [6, 6.07) is 16.6. The van der Waals surface area contributed by atoms with Crippen LogP contribution in [0.15, 0.2) is 77.9 Å². The number of benzene rings is 2. The molecule has 1 unspecified atom stereocenters. The van der Waals surface area contributed by atoms with Crippen molar-refractivity contribution >= 4 is 28.0 Å². The summed E-state index contributed by atoms with van der Waals surface area (Å²) >= 11 is 0. The molecule has 0 saturated heterocycles. The van der Waals surface area contributed by atoms with E-state index in [0.29, 0.717) is 5.75 Å². The first-order valence-corrected chi connectivity index (χ1v) is 10.9. The van der Waals surface area contributed by atoms with E-state index in [-0.39, 0.29) is 18.6 Å². The van der Waals surface area contributed by atoms with Crippen molar-refractivity contribution in [3.05, 3.63) is 78.5 Å². The molecule has 0 aliphatic carbocycles. The summed E-state index contributed by atoms with van der Waals surface area (Å²) in [6.07, 6.45) is 7.15. The molecular weight excluding hydrogens is 404 g/mol. The van der Waals surface area contributed by atoms with Gasteiger partial charge in [0.1, 0.15) is 16.2 Å². The van der Waals surface area contributed by atoms with E-state index in [1.54, 1.807) is 24.3 Å². The fourth-order valence-corrected chi connectivity index (χ4v) is 4.68. The molecule has 2 N–H and O–H groups in total. The van der Waals surface area contributed by atoms with E-state index in [1.807, 2.05) is 42.5 Å². The van der Waals surface area contributed by atoms with Gasteiger partial charge in [-0.1, -0.05) is 42.5 Å². The second-order valence-corrected chi connectivity index (χ2v) is 9.17. The van der Waals surface area contributed by atoms with Crippen LogP contribution in [0.2, 0.25) is 0 Å². The molecule has 0 bridgehead atoms. The van der Waals surface area contributed by atoms with Crippen LogP contribution in [0.5, 0.6) is 11.5 Å². The van der Waals surface area contributed by atoms with Gasteiger partial charge < -0.3 is 4.74 Å². The van der Waals surface area contributed by atoms with Crippen molar-refractivity contribution in [1.29, 1.82) is 0 Å². The predicted octanol–water partition coefficient (Wildman–Crippen LogP) is 3.53. The van der Waals surface area contributed by atoms with Crippen molar-refractivity contribution < 1.29 is 23.2 Å². The van der Waals surface area contributed by atoms with Crippen LogP contribution in [0.3, 0.4) is 0 Å². The normalized spacial score (nSPS) is 18.4. The molecule has 1 aliphatic heterocycles. The number of amides is 1. The molecule has 156 valence electrons. The molecule has 0 radical (unpaired) electrons. The third-order valence-corrected chi connectivity index (χ3v) is 7.01. The second kappa shape index (κ2) is 9.51. The average Bonchev–Trinajstić information content (AvgIpc) is 2.76. The first kappa shape index (κ1) is 21.5. The van der Waals surface area contributed by atoms with Gasteiger partial charge in [-0.15, -0.1) is 0 Å². The van der Waals surface area contributed by atoms with Crippen LogP contribution in [0, 0.1) is 0 Å². The Morgan fingerprint density at radius 1 is 1.13 bits per heavy atom. The van der Waals surface area contributed by atoms with Gasteiger partial charge in [-0.3, -0.25) is 15.0 Å². The Kier molecular flexibility index (Phi) is 6.81. The maximum Gasteiger partial charge on any atom is 0.245 e. The molecule has 0 fully saturated rings. The molecule has 3 rings (SSSR count). The maximum absolute atomic E-state index is 13.0. The number of aliphatic imine (C=N–C) groups is 1. The summed E-state index contributed by atoms with van der Waals surface area (Å²) in [5, 5.41) is 8.81. The van der Waals surface area contributed by atoms with E-state index < -0.39 is 20.5 Å². The molecule has 8 heteroatoms. The van der Waals surface area contributed by atoms with E-state index in [2.05, 4.69) is 4.99 Å². The van der Waals surface area contributed by atoms with Crippen molar-refractivity contribution in [3.8, 4) is 11.5 Å². The smallest absolute Gasteiger partial charge is 0.245 e. The summed E-state index contributed by atoms with van der Waals surface area (Å²) in [4.78, 5) is 15.5. The molecule has 7 nitrogen and oxygen atoms in total. The van der Waals surface area contributed by atoms with Gasteiger partial charge in [0, 0.05) is 18.8 Å². The van der Waals surface area contributed by atoms with E-state index >= 15 is 0 Å². The Morgan fingerprint density at radius 2 is 1.83 bits per heavy atom. The molecule has 30 heavy (non-hydrogen) atoms. The lowest BCUT2D eigenvalue weighted by Crippen LogP contribution is -2.43. The minimum Gasteiger partial charge on any atom is -0.457 e. The zero-order valence-electron chi connectivity index (χ0n) is 16.1. The van der Waals surface area contributed by atoms with Crippen molar-refractivity contribution in [2.24, 2.45) is 4.99 Å². The fraction of sp³-hybridized carbons (Fsp3) is 0.182. The van der Waals surface area contributed by atoms with Crippen molar-refractivity contribution in [3.63, 3.8) is 0 Å². The maximum atomic E-state index is 13.0. The number of rotatable bonds is 8. The quantitative estimate of drug-likeness (QED) is 0.496. The topological polar surface area (TPSA) is 105 Å². The highest BCUT2D eigenvalue weighted by Gasteiger charge is 2.42. The Balaban J connectivity index is 1.67. The number of carbonyl (C=O) groups excluding carboxylic acids is 1. The Hall–Kier alpha value is -3.23. The van der Waals surface area contributed by atoms with Gasteiger partial charge in [-0.25, -0.2) is 13.9 Å². The van der Waals surface area contributed by atoms with Gasteiger partial charge in [-0.2, -0.15) is 0 Å². The van der Waals surface area contributed by atoms with E-state index in [9.17, 15) is 13.2 Å². The average molecular weight is 426 g/mol. The van der Waals surface area contributed by atoms with Gasteiger partial charge in [0.05, 0.1) is 12.2 Å². The summed E-state index contributed by atoms with van der Waals surface area (Å²) in [7, 11) is -3.73. The van der Waals surface area contributed by atoms with Crippen LogP contribution in [-0.2, 0) is 14.6 Å². The Morgan fingerprint density at radius 3 is 2.47 bits per heavy atom. The third kappa shape index (κ3) is 5.22. The van der Waals surface area contributed by atoms with Gasteiger partial charge in [0.15, 0.2) is 9.84 Å². The SMILES string of the molecule is O=C(CC1(S(=O)(=O)CC=Cc2ccc(Oc3ccccc3)cc2)C=CN=CC1)NO. The molecule has 1 amide bonds. The van der Waals surface area contributed by atoms with E-state index in [0.717, 1.165) is 11.3 Å². The minimum atomic E-state index is -3.73. The standard InChI is InChI=1S/C22H22N2O5S/c25-21(24-26)17-22(12-14-23-15-13-22)30(27,28)16-4-5-18-8-10-20(11-9-18)29-19-6-2-1-3-7-19/h1-12,14-15,26H,13,16-17H2,(H,24,25). The number of hydrogen-bond acceptors (Lipinski definition) is 6. The van der Waals surface area contributed by atoms with Crippen LogP contribution in [-0.4, -0.2) is 36.2 Å². The highest BCUT2D eigenvalue weighted by atomic mass is 32.2. The molecule has 2 aromatic carbocycles. The highest BCUT2D eigenvalue weighted by molar-refractivity contribution is 7.93. The number of hydrogen-bond donors (Lipinski definition) is 2. The predicted molar refractivity (Wildman–Crippen MR) is 115 cm³/mol. The minimum absolute atomic E-state index is 0.0681. The van der Waals surface area contributed by atoms with Gasteiger partial charge in [0.2, 0.25) is 5.91 Å². The highest BCUT2D eigenvalue weighted by Crippen LogP contribution is 2.30. The van der Waals surface area contributed by atoms with Crippen LogP contribution in [0.4, 0.5) is 0 Å². The van der Waals surface area contributed by atoms with Crippen molar-refractivity contribution in [2.45, 2.75) is 17.6 Å². The van der Waals surface area contributed by atoms with Gasteiger partial charge in [-0.05, 0) is 35.9 Å². The van der Waals surface area contributed by atoms with E-state index in [1.165, 1.54) is 24.0 Å². The molecular formula is C22H22N2O5S. The summed E-state index contributed by atoms with van der Waals surface area (Å²) in [6.45, 7) is 0. The molecule has 0 saturated carbocycles. The molecule has 1 aliphatic rings. The van der Waals surface area contributed by atoms with E-state index in [4.69, 9.17) is 9.94 Å². The number of para-hydroxylation sites is 1. The first-order chi connectivity index (χ1) is 14.4. The number of ether oxygens (including phenoxy) is 1. The van der Waals surface area contributed by atoms with Crippen LogP contribution in [0.25, 0.3) is 6.08 Å². The summed E-state index contributed by atoms with van der Waals surface area (Å²) < 4.78 is 30.2. The van der Waals surface area contributed by atoms with Crippen LogP contribution in [0.1, 0.15) is 18.4 Å². The number of carbonyl (C=O) groups is 1. The molecule has 1 atom stereocenters. The zero-order valence-corrected chi connectivity index (χ0v) is 17.0. The molecule has 2 aromatic rings. The third-order valence-electron chi connectivity index (χ3n) is 4.70. The lowest BCUT2D eigenvalue weighted by Gasteiger charge is -2.29. The fourth-order valence-electron chi connectivity index (χ4n) is 3.05. The largest absolute Gasteiger partial charge is 0.457 e. The lowest BCUT2D eigenvalue weighted by molar-refractivity contribution is -0.129. The summed E-state index contributed by atoms with van der Waals surface area (Å²) in [5.74, 6) is 0.378. The molecule has 0 spiro atoms. The van der Waals surface area contributed by atoms with Gasteiger partial charge >= 0.3 is 0 Å². The number of nitrogens with zero attached hydrogens (tertiary/aromatic N) is 1. The zero-order chi connectivity index (χ0) is 21.5. The Bertz CT molecular complexity index is 1060. The summed E-state index contributed by atoms with van der Waals surface area (Å²) in [5.41, 5.74) is 2.32. The van der Waals surface area contributed by atoms with Crippen molar-refractivity contribution in [2.75, 3.05) is 5.75 Å². The molecule has 1 heterocycles. The number of nitrogens with one attached hydrogen (secondary N) is 1. The first-order valence-electron chi connectivity index (χ1n) is 9.28. The van der Waals surface area contributed by atoms with Gasteiger partial charge in [0.25, 0.3) is 0 Å². The molecule has 0 aromatic heterocycles. The number of hydroxylamine groups is 1. The monoisotopic (exact) mass is 426 g/mol. The van der Waals surface area contributed by atoms with Crippen LogP contribution < -0.4 is 10.2 Å². The lowest BCUT2D eigenvalue weighted by atomic mass is 9.99. The number of sulfone groups is 1. The second-order valence-electron chi connectivity index (χ2n) is 6.80.